The van der Waals surface area contributed by atoms with Gasteiger partial charge < -0.3 is 4.74 Å². The van der Waals surface area contributed by atoms with Gasteiger partial charge in [0.15, 0.2) is 5.72 Å². The number of halogens is 2. The zero-order chi connectivity index (χ0) is 14.3. The number of aliphatic imine (C=N–C) groups is 1. The number of nitrogens with zero attached hydrogens (tertiary/aromatic N) is 2. The first-order valence-corrected chi connectivity index (χ1v) is 7.33. The summed E-state index contributed by atoms with van der Waals surface area (Å²) in [5.74, 6) is 0.721. The van der Waals surface area contributed by atoms with Crippen LogP contribution in [0.15, 0.2) is 46.0 Å². The van der Waals surface area contributed by atoms with Crippen LogP contribution in [-0.2, 0) is 0 Å². The van der Waals surface area contributed by atoms with Gasteiger partial charge in [-0.05, 0) is 48.0 Å². The average molecular weight is 352 g/mol. The molecule has 0 saturated carbocycles. The molecule has 0 amide bonds. The summed E-state index contributed by atoms with van der Waals surface area (Å²) in [7, 11) is 0. The minimum atomic E-state index is -0.642. The van der Waals surface area contributed by atoms with Crippen LogP contribution in [0.3, 0.4) is 0 Å². The molecule has 2 aromatic rings. The molecule has 0 bridgehead atoms. The van der Waals surface area contributed by atoms with Crippen molar-refractivity contribution < 1.29 is 4.74 Å². The second-order valence-corrected chi connectivity index (χ2v) is 6.25. The van der Waals surface area contributed by atoms with E-state index in [9.17, 15) is 0 Å². The van der Waals surface area contributed by atoms with Crippen LogP contribution >= 0.6 is 27.5 Å². The number of aromatic nitrogens is 1. The molecule has 0 fully saturated rings. The number of fused-ring (bicyclic) bond motifs is 1. The molecule has 1 aromatic heterocycles. The Kier molecular flexibility index (Phi) is 3.30. The molecule has 0 atom stereocenters. The van der Waals surface area contributed by atoms with Crippen molar-refractivity contribution in [2.24, 2.45) is 4.99 Å². The van der Waals surface area contributed by atoms with Gasteiger partial charge >= 0.3 is 0 Å². The summed E-state index contributed by atoms with van der Waals surface area (Å²) < 4.78 is 6.70. The molecule has 1 aromatic carbocycles. The van der Waals surface area contributed by atoms with Crippen molar-refractivity contribution in [2.45, 2.75) is 19.6 Å². The van der Waals surface area contributed by atoms with Gasteiger partial charge in [-0.2, -0.15) is 0 Å². The third-order valence-electron chi connectivity index (χ3n) is 2.93. The molecule has 1 aliphatic rings. The summed E-state index contributed by atoms with van der Waals surface area (Å²) >= 11 is 9.59. The fourth-order valence-corrected chi connectivity index (χ4v) is 2.61. The van der Waals surface area contributed by atoms with Crippen molar-refractivity contribution in [1.82, 2.24) is 4.98 Å². The molecule has 20 heavy (non-hydrogen) atoms. The maximum atomic E-state index is 6.15. The molecule has 0 radical (unpaired) electrons. The fourth-order valence-electron chi connectivity index (χ4n) is 2.12. The van der Waals surface area contributed by atoms with E-state index >= 15 is 0 Å². The number of hydrogen-bond acceptors (Lipinski definition) is 3. The normalized spacial score (nSPS) is 16.1. The van der Waals surface area contributed by atoms with Gasteiger partial charge in [0.2, 0.25) is 0 Å². The molecule has 0 unspecified atom stereocenters. The van der Waals surface area contributed by atoms with Crippen LogP contribution < -0.4 is 4.74 Å². The lowest BCUT2D eigenvalue weighted by atomic mass is 10.0. The van der Waals surface area contributed by atoms with Gasteiger partial charge in [-0.1, -0.05) is 17.7 Å². The highest BCUT2D eigenvalue weighted by molar-refractivity contribution is 9.10. The lowest BCUT2D eigenvalue weighted by Gasteiger charge is -2.30. The first-order chi connectivity index (χ1) is 9.46. The summed E-state index contributed by atoms with van der Waals surface area (Å²) in [6, 6.07) is 9.48. The van der Waals surface area contributed by atoms with Crippen molar-refractivity contribution in [1.29, 1.82) is 0 Å². The second kappa shape index (κ2) is 4.86. The van der Waals surface area contributed by atoms with Crippen molar-refractivity contribution in [3.8, 4) is 5.75 Å². The van der Waals surface area contributed by atoms with Gasteiger partial charge in [0, 0.05) is 22.3 Å². The lowest BCUT2D eigenvalue weighted by Crippen LogP contribution is -2.32. The van der Waals surface area contributed by atoms with E-state index in [2.05, 4.69) is 25.9 Å². The highest BCUT2D eigenvalue weighted by Gasteiger charge is 2.30. The monoisotopic (exact) mass is 350 g/mol. The Morgan fingerprint density at radius 1 is 1.25 bits per heavy atom. The first-order valence-electron chi connectivity index (χ1n) is 6.16. The Morgan fingerprint density at radius 3 is 2.75 bits per heavy atom. The third-order valence-corrected chi connectivity index (χ3v) is 4.12. The van der Waals surface area contributed by atoms with Gasteiger partial charge in [-0.25, -0.2) is 4.99 Å². The molecule has 5 heteroatoms. The zero-order valence-electron chi connectivity index (χ0n) is 11.0. The molecule has 2 heterocycles. The minimum absolute atomic E-state index is 0.613. The predicted octanol–water partition coefficient (Wildman–Crippen LogP) is 4.46. The Labute approximate surface area is 130 Å². The number of benzene rings is 1. The van der Waals surface area contributed by atoms with Crippen LogP contribution in [0.5, 0.6) is 5.75 Å². The summed E-state index contributed by atoms with van der Waals surface area (Å²) in [6.45, 7) is 3.82. The van der Waals surface area contributed by atoms with E-state index in [0.29, 0.717) is 5.02 Å². The molecular weight excluding hydrogens is 340 g/mol. The number of hydrogen-bond donors (Lipinski definition) is 0. The molecule has 0 aliphatic carbocycles. The standard InChI is InChI=1S/C15H12BrClN2O/c1-15(2)19-14(12-5-3-4-6-18-12)9-7-10(16)11(17)8-13(9)20-15/h3-8H,1-2H3. The molecule has 3 nitrogen and oxygen atoms in total. The molecule has 1 aliphatic heterocycles. The summed E-state index contributed by atoms with van der Waals surface area (Å²) in [5, 5.41) is 0.613. The third kappa shape index (κ3) is 2.45. The van der Waals surface area contributed by atoms with E-state index in [4.69, 9.17) is 16.3 Å². The molecule has 0 N–H and O–H groups in total. The van der Waals surface area contributed by atoms with Crippen molar-refractivity contribution >= 4 is 33.2 Å². The average Bonchev–Trinajstić information content (AvgIpc) is 2.40. The minimum Gasteiger partial charge on any atom is -0.466 e. The smallest absolute Gasteiger partial charge is 0.195 e. The van der Waals surface area contributed by atoms with Gasteiger partial charge in [-0.3, -0.25) is 4.98 Å². The topological polar surface area (TPSA) is 34.5 Å². The number of pyridine rings is 1. The number of ether oxygens (including phenoxy) is 1. The largest absolute Gasteiger partial charge is 0.466 e. The highest BCUT2D eigenvalue weighted by Crippen LogP contribution is 2.37. The van der Waals surface area contributed by atoms with Gasteiger partial charge in [0.05, 0.1) is 16.4 Å². The summed E-state index contributed by atoms with van der Waals surface area (Å²) in [4.78, 5) is 9.05. The Morgan fingerprint density at radius 2 is 2.05 bits per heavy atom. The quantitative estimate of drug-likeness (QED) is 0.760. The van der Waals surface area contributed by atoms with E-state index in [0.717, 1.165) is 27.2 Å². The molecular formula is C15H12BrClN2O. The molecule has 0 saturated heterocycles. The van der Waals surface area contributed by atoms with Crippen molar-refractivity contribution in [3.63, 3.8) is 0 Å². The van der Waals surface area contributed by atoms with E-state index in [1.807, 2.05) is 38.1 Å². The Bertz CT molecular complexity index is 699. The SMILES string of the molecule is CC1(C)N=C(c2ccccn2)c2cc(Br)c(Cl)cc2O1. The van der Waals surface area contributed by atoms with Gasteiger partial charge in [-0.15, -0.1) is 0 Å². The molecule has 3 rings (SSSR count). The number of rotatable bonds is 1. The second-order valence-electron chi connectivity index (χ2n) is 4.99. The summed E-state index contributed by atoms with van der Waals surface area (Å²) in [6.07, 6.45) is 1.75. The Balaban J connectivity index is 2.23. The van der Waals surface area contributed by atoms with Gasteiger partial charge in [0.1, 0.15) is 5.75 Å². The Hall–Kier alpha value is -1.39. The van der Waals surface area contributed by atoms with Crippen LogP contribution in [0, 0.1) is 0 Å². The van der Waals surface area contributed by atoms with E-state index in [1.165, 1.54) is 0 Å². The fraction of sp³-hybridized carbons (Fsp3) is 0.200. The van der Waals surface area contributed by atoms with E-state index in [-0.39, 0.29) is 0 Å². The van der Waals surface area contributed by atoms with Crippen LogP contribution in [0.4, 0.5) is 0 Å². The van der Waals surface area contributed by atoms with E-state index in [1.54, 1.807) is 12.3 Å². The van der Waals surface area contributed by atoms with Crippen LogP contribution in [0.25, 0.3) is 0 Å². The maximum absolute atomic E-state index is 6.15. The first kappa shape index (κ1) is 13.6. The summed E-state index contributed by atoms with van der Waals surface area (Å²) in [5.41, 5.74) is 1.88. The van der Waals surface area contributed by atoms with E-state index < -0.39 is 5.72 Å². The van der Waals surface area contributed by atoms with Crippen LogP contribution in [-0.4, -0.2) is 16.4 Å². The lowest BCUT2D eigenvalue weighted by molar-refractivity contribution is 0.115. The molecule has 102 valence electrons. The maximum Gasteiger partial charge on any atom is 0.195 e. The van der Waals surface area contributed by atoms with Crippen LogP contribution in [0.1, 0.15) is 25.1 Å². The van der Waals surface area contributed by atoms with Crippen molar-refractivity contribution in [2.75, 3.05) is 0 Å². The predicted molar refractivity (Wildman–Crippen MR) is 83.7 cm³/mol. The highest BCUT2D eigenvalue weighted by atomic mass is 79.9. The van der Waals surface area contributed by atoms with Crippen LogP contribution in [0.2, 0.25) is 5.02 Å². The van der Waals surface area contributed by atoms with Gasteiger partial charge in [0.25, 0.3) is 0 Å². The zero-order valence-corrected chi connectivity index (χ0v) is 13.4. The van der Waals surface area contributed by atoms with Crippen molar-refractivity contribution in [3.05, 3.63) is 57.3 Å². The molecule has 0 spiro atoms.